The second kappa shape index (κ2) is 8.66. The Bertz CT molecular complexity index is 1530. The third-order valence-corrected chi connectivity index (χ3v) is 7.02. The smallest absolute Gasteiger partial charge is 0.264 e. The zero-order chi connectivity index (χ0) is 24.9. The first-order valence-electron chi connectivity index (χ1n) is 11.7. The Balaban J connectivity index is 1.36. The van der Waals surface area contributed by atoms with Crippen LogP contribution in [0.15, 0.2) is 78.9 Å². The number of ketones is 1. The van der Waals surface area contributed by atoms with E-state index in [1.807, 2.05) is 42.5 Å². The summed E-state index contributed by atoms with van der Waals surface area (Å²) in [4.78, 5) is 28.6. The van der Waals surface area contributed by atoms with Crippen LogP contribution < -0.4 is 14.4 Å². The molecule has 0 saturated heterocycles. The highest BCUT2D eigenvalue weighted by Gasteiger charge is 2.51. The highest BCUT2D eigenvalue weighted by molar-refractivity contribution is 6.31. The van der Waals surface area contributed by atoms with Crippen molar-refractivity contribution in [2.45, 2.75) is 18.6 Å². The van der Waals surface area contributed by atoms with Crippen molar-refractivity contribution < 1.29 is 24.2 Å². The number of aliphatic hydroxyl groups is 1. The van der Waals surface area contributed by atoms with Crippen LogP contribution in [0.25, 0.3) is 10.8 Å². The minimum absolute atomic E-state index is 0.245. The Labute approximate surface area is 212 Å². The highest BCUT2D eigenvalue weighted by Crippen LogP contribution is 2.45. The van der Waals surface area contributed by atoms with E-state index in [9.17, 15) is 14.7 Å². The van der Waals surface area contributed by atoms with Crippen molar-refractivity contribution in [3.8, 4) is 11.5 Å². The number of fused-ring (bicyclic) bond motifs is 3. The predicted octanol–water partition coefficient (Wildman–Crippen LogP) is 5.27. The van der Waals surface area contributed by atoms with Gasteiger partial charge in [0.2, 0.25) is 0 Å². The molecule has 180 valence electrons. The number of benzene rings is 4. The summed E-state index contributed by atoms with van der Waals surface area (Å²) in [5.74, 6) is 0.0871. The summed E-state index contributed by atoms with van der Waals surface area (Å²) >= 11 is 6.26. The van der Waals surface area contributed by atoms with Crippen LogP contribution in [0.1, 0.15) is 27.9 Å². The summed E-state index contributed by atoms with van der Waals surface area (Å²) in [6.07, 6.45) is -0.426. The van der Waals surface area contributed by atoms with E-state index in [1.54, 1.807) is 36.4 Å². The molecule has 4 aromatic rings. The van der Waals surface area contributed by atoms with Crippen LogP contribution in [0, 0.1) is 0 Å². The van der Waals surface area contributed by atoms with E-state index in [0.29, 0.717) is 46.5 Å². The van der Waals surface area contributed by atoms with E-state index >= 15 is 0 Å². The number of rotatable bonds is 5. The summed E-state index contributed by atoms with van der Waals surface area (Å²) in [7, 11) is 0. The summed E-state index contributed by atoms with van der Waals surface area (Å²) in [5, 5.41) is 14.2. The molecule has 36 heavy (non-hydrogen) atoms. The molecule has 2 aliphatic rings. The molecular formula is C29H22ClNO5. The number of Topliss-reactive ketones (excluding diaryl/α,β-unsaturated/α-hetero) is 1. The summed E-state index contributed by atoms with van der Waals surface area (Å²) in [6.45, 7) is 1.08. The SMILES string of the molecule is O=C(C[C@]1(O)C(=O)N(Cc2cccc3ccccc23)c2ccc(Cl)cc21)c1ccc2c(c1)OCCO2. The van der Waals surface area contributed by atoms with Gasteiger partial charge in [0, 0.05) is 16.1 Å². The number of ether oxygens (including phenoxy) is 2. The minimum Gasteiger partial charge on any atom is -0.486 e. The third-order valence-electron chi connectivity index (χ3n) is 6.78. The molecule has 0 saturated carbocycles. The first-order valence-corrected chi connectivity index (χ1v) is 12.1. The van der Waals surface area contributed by atoms with Gasteiger partial charge in [-0.3, -0.25) is 9.59 Å². The molecule has 0 unspecified atom stereocenters. The molecule has 0 fully saturated rings. The number of carbonyl (C=O) groups excluding carboxylic acids is 2. The third kappa shape index (κ3) is 3.70. The number of hydrogen-bond acceptors (Lipinski definition) is 5. The molecule has 7 heteroatoms. The molecule has 6 nitrogen and oxygen atoms in total. The van der Waals surface area contributed by atoms with Crippen LogP contribution in [-0.2, 0) is 16.9 Å². The lowest BCUT2D eigenvalue weighted by Gasteiger charge is -2.24. The van der Waals surface area contributed by atoms with E-state index in [4.69, 9.17) is 21.1 Å². The molecule has 0 bridgehead atoms. The Morgan fingerprint density at radius 2 is 1.72 bits per heavy atom. The number of carbonyl (C=O) groups is 2. The van der Waals surface area contributed by atoms with Crippen molar-refractivity contribution in [1.82, 2.24) is 0 Å². The first kappa shape index (κ1) is 22.6. The number of nitrogens with zero attached hydrogens (tertiary/aromatic N) is 1. The van der Waals surface area contributed by atoms with Gasteiger partial charge < -0.3 is 19.5 Å². The molecule has 6 rings (SSSR count). The van der Waals surface area contributed by atoms with Crippen molar-refractivity contribution >= 4 is 39.8 Å². The van der Waals surface area contributed by atoms with Crippen LogP contribution in [0.3, 0.4) is 0 Å². The molecule has 0 spiro atoms. The number of anilines is 1. The average Bonchev–Trinajstić information content (AvgIpc) is 3.09. The molecule has 1 N–H and O–H groups in total. The van der Waals surface area contributed by atoms with Crippen LogP contribution in [0.5, 0.6) is 11.5 Å². The topological polar surface area (TPSA) is 76.1 Å². The highest BCUT2D eigenvalue weighted by atomic mass is 35.5. The molecule has 1 amide bonds. The van der Waals surface area contributed by atoms with E-state index in [0.717, 1.165) is 16.3 Å². The van der Waals surface area contributed by atoms with Gasteiger partial charge in [-0.1, -0.05) is 54.1 Å². The lowest BCUT2D eigenvalue weighted by atomic mass is 9.88. The standard InChI is InChI=1S/C29H22ClNO5/c30-21-9-10-24-23(15-21)29(34,16-25(32)19-8-11-26-27(14-19)36-13-12-35-26)28(33)31(24)17-20-6-3-5-18-4-1-2-7-22(18)20/h1-11,14-15,34H,12-13,16-17H2/t29-/m1/s1. The van der Waals surface area contributed by atoms with Gasteiger partial charge in [0.1, 0.15) is 13.2 Å². The van der Waals surface area contributed by atoms with Crippen LogP contribution >= 0.6 is 11.6 Å². The van der Waals surface area contributed by atoms with Crippen molar-refractivity contribution in [2.75, 3.05) is 18.1 Å². The van der Waals surface area contributed by atoms with Crippen LogP contribution in [0.2, 0.25) is 5.02 Å². The number of amides is 1. The van der Waals surface area contributed by atoms with E-state index < -0.39 is 17.9 Å². The zero-order valence-electron chi connectivity index (χ0n) is 19.2. The van der Waals surface area contributed by atoms with Gasteiger partial charge in [-0.15, -0.1) is 0 Å². The Kier molecular flexibility index (Phi) is 5.43. The summed E-state index contributed by atoms with van der Waals surface area (Å²) < 4.78 is 11.1. The number of halogens is 1. The molecule has 0 aliphatic carbocycles. The molecule has 4 aromatic carbocycles. The van der Waals surface area contributed by atoms with Crippen LogP contribution in [0.4, 0.5) is 5.69 Å². The Morgan fingerprint density at radius 3 is 2.58 bits per heavy atom. The van der Waals surface area contributed by atoms with Gasteiger partial charge >= 0.3 is 0 Å². The average molecular weight is 500 g/mol. The maximum Gasteiger partial charge on any atom is 0.264 e. The first-order chi connectivity index (χ1) is 17.4. The second-order valence-corrected chi connectivity index (χ2v) is 9.45. The van der Waals surface area contributed by atoms with E-state index in [-0.39, 0.29) is 12.3 Å². The van der Waals surface area contributed by atoms with E-state index in [1.165, 1.54) is 4.90 Å². The van der Waals surface area contributed by atoms with Gasteiger partial charge in [-0.25, -0.2) is 0 Å². The summed E-state index contributed by atoms with van der Waals surface area (Å²) in [5.41, 5.74) is 0.0806. The monoisotopic (exact) mass is 499 g/mol. The molecular weight excluding hydrogens is 478 g/mol. The molecule has 2 heterocycles. The number of hydrogen-bond donors (Lipinski definition) is 1. The van der Waals surface area contributed by atoms with Gasteiger partial charge in [-0.2, -0.15) is 0 Å². The lowest BCUT2D eigenvalue weighted by Crippen LogP contribution is -2.41. The predicted molar refractivity (Wildman–Crippen MR) is 137 cm³/mol. The second-order valence-electron chi connectivity index (χ2n) is 9.01. The van der Waals surface area contributed by atoms with Crippen molar-refractivity contribution in [3.05, 3.63) is 101 Å². The van der Waals surface area contributed by atoms with Gasteiger partial charge in [0.15, 0.2) is 22.9 Å². The zero-order valence-corrected chi connectivity index (χ0v) is 20.0. The normalized spacial score (nSPS) is 18.4. The fraction of sp³-hybridized carbons (Fsp3) is 0.172. The maximum absolute atomic E-state index is 13.8. The van der Waals surface area contributed by atoms with Crippen molar-refractivity contribution in [1.29, 1.82) is 0 Å². The molecule has 0 aromatic heterocycles. The lowest BCUT2D eigenvalue weighted by molar-refractivity contribution is -0.136. The Hall–Kier alpha value is -3.87. The van der Waals surface area contributed by atoms with Gasteiger partial charge in [-0.05, 0) is 52.7 Å². The van der Waals surface area contributed by atoms with Crippen molar-refractivity contribution in [3.63, 3.8) is 0 Å². The fourth-order valence-electron chi connectivity index (χ4n) is 5.00. The Morgan fingerprint density at radius 1 is 0.944 bits per heavy atom. The molecule has 0 radical (unpaired) electrons. The molecule has 1 atom stereocenters. The fourth-order valence-corrected chi connectivity index (χ4v) is 5.17. The summed E-state index contributed by atoms with van der Waals surface area (Å²) in [6, 6.07) is 23.7. The van der Waals surface area contributed by atoms with E-state index in [2.05, 4.69) is 0 Å². The minimum atomic E-state index is -2.05. The molecule has 2 aliphatic heterocycles. The van der Waals surface area contributed by atoms with Gasteiger partial charge in [0.05, 0.1) is 18.7 Å². The maximum atomic E-state index is 13.8. The quantitative estimate of drug-likeness (QED) is 0.378. The largest absolute Gasteiger partial charge is 0.486 e. The van der Waals surface area contributed by atoms with Crippen LogP contribution in [-0.4, -0.2) is 30.0 Å². The van der Waals surface area contributed by atoms with Gasteiger partial charge in [0.25, 0.3) is 5.91 Å². The van der Waals surface area contributed by atoms with Crippen molar-refractivity contribution in [2.24, 2.45) is 0 Å².